The van der Waals surface area contributed by atoms with E-state index in [0.29, 0.717) is 0 Å². The molecule has 0 bridgehead atoms. The van der Waals surface area contributed by atoms with Gasteiger partial charge in [0.05, 0.1) is 6.61 Å². The Bertz CT molecular complexity index is 300. The highest BCUT2D eigenvalue weighted by Crippen LogP contribution is 2.05. The van der Waals surface area contributed by atoms with E-state index < -0.39 is 12.1 Å². The number of hydrogen-bond donors (Lipinski definition) is 2. The summed E-state index contributed by atoms with van der Waals surface area (Å²) in [4.78, 5) is 14.8. The number of ether oxygens (including phenoxy) is 1. The van der Waals surface area contributed by atoms with E-state index in [1.54, 1.807) is 6.92 Å². The van der Waals surface area contributed by atoms with Crippen LogP contribution in [0.3, 0.4) is 0 Å². The predicted molar refractivity (Wildman–Crippen MR) is 50.2 cm³/mol. The molecule has 1 rings (SSSR count). The molecule has 0 saturated carbocycles. The third-order valence-corrected chi connectivity index (χ3v) is 1.36. The molecule has 2 N–H and O–H groups in total. The quantitative estimate of drug-likeness (QED) is 0.724. The van der Waals surface area contributed by atoms with Crippen LogP contribution in [0.5, 0.6) is 0 Å². The molecule has 0 fully saturated rings. The lowest BCUT2D eigenvalue weighted by atomic mass is 10.4. The lowest BCUT2D eigenvalue weighted by Gasteiger charge is -1.95. The van der Waals surface area contributed by atoms with Crippen LogP contribution in [0.1, 0.15) is 36.4 Å². The van der Waals surface area contributed by atoms with Gasteiger partial charge in [0.25, 0.3) is 5.82 Å². The number of hydrogen-bond acceptors (Lipinski definition) is 5. The maximum Gasteiger partial charge on any atom is 0.378 e. The maximum atomic E-state index is 11.0. The molecular weight excluding hydrogens is 210 g/mol. The second kappa shape index (κ2) is 5.56. The Morgan fingerprint density at radius 3 is 2.79 bits per heavy atom. The molecule has 0 aliphatic carbocycles. The number of H-pyrrole nitrogens is 1. The van der Waals surface area contributed by atoms with Gasteiger partial charge < -0.3 is 9.84 Å². The predicted octanol–water partition coefficient (Wildman–Crippen LogP) is 0.456. The molecule has 1 aromatic heterocycles. The SMILES string of the molecule is CCOC(=O)c1n[nH]c(C(C)O)n1.Cl. The van der Waals surface area contributed by atoms with Crippen LogP contribution in [-0.4, -0.2) is 32.9 Å². The van der Waals surface area contributed by atoms with E-state index in [-0.39, 0.29) is 30.7 Å². The number of nitrogens with zero attached hydrogens (tertiary/aromatic N) is 2. The zero-order valence-electron chi connectivity index (χ0n) is 7.85. The Morgan fingerprint density at radius 1 is 1.71 bits per heavy atom. The molecule has 0 aromatic carbocycles. The lowest BCUT2D eigenvalue weighted by Crippen LogP contribution is -2.06. The number of aromatic nitrogens is 3. The fraction of sp³-hybridized carbons (Fsp3) is 0.571. The van der Waals surface area contributed by atoms with Crippen molar-refractivity contribution in [3.63, 3.8) is 0 Å². The van der Waals surface area contributed by atoms with Crippen molar-refractivity contribution in [1.82, 2.24) is 15.2 Å². The van der Waals surface area contributed by atoms with Gasteiger partial charge in [0, 0.05) is 0 Å². The van der Waals surface area contributed by atoms with Crippen molar-refractivity contribution in [3.05, 3.63) is 11.6 Å². The molecule has 0 spiro atoms. The summed E-state index contributed by atoms with van der Waals surface area (Å²) in [5.74, 6) is -0.397. The zero-order valence-corrected chi connectivity index (χ0v) is 8.67. The first-order chi connectivity index (χ1) is 6.15. The van der Waals surface area contributed by atoms with Crippen molar-refractivity contribution in [2.45, 2.75) is 20.0 Å². The molecule has 0 aliphatic heterocycles. The first-order valence-electron chi connectivity index (χ1n) is 3.92. The van der Waals surface area contributed by atoms with Crippen LogP contribution >= 0.6 is 12.4 Å². The summed E-state index contributed by atoms with van der Waals surface area (Å²) < 4.78 is 4.66. The van der Waals surface area contributed by atoms with Gasteiger partial charge >= 0.3 is 5.97 Å². The Kier molecular flexibility index (Phi) is 5.11. The number of aliphatic hydroxyl groups is 1. The minimum absolute atomic E-state index is 0. The number of aromatic amines is 1. The van der Waals surface area contributed by atoms with Crippen molar-refractivity contribution in [2.24, 2.45) is 0 Å². The van der Waals surface area contributed by atoms with Crippen molar-refractivity contribution in [3.8, 4) is 0 Å². The number of nitrogens with one attached hydrogen (secondary N) is 1. The monoisotopic (exact) mass is 221 g/mol. The van der Waals surface area contributed by atoms with E-state index in [1.165, 1.54) is 6.92 Å². The van der Waals surface area contributed by atoms with Crippen LogP contribution in [0.25, 0.3) is 0 Å². The normalized spacial score (nSPS) is 11.6. The van der Waals surface area contributed by atoms with Crippen LogP contribution < -0.4 is 0 Å². The number of aliphatic hydroxyl groups excluding tert-OH is 1. The summed E-state index contributed by atoms with van der Waals surface area (Å²) in [6.07, 6.45) is -0.768. The molecule has 7 heteroatoms. The average Bonchev–Trinajstić information content (AvgIpc) is 2.52. The second-order valence-electron chi connectivity index (χ2n) is 2.44. The van der Waals surface area contributed by atoms with Crippen LogP contribution in [-0.2, 0) is 4.74 Å². The molecule has 0 saturated heterocycles. The number of carbonyl (C=O) groups excluding carboxylic acids is 1. The molecule has 80 valence electrons. The molecule has 1 aromatic rings. The van der Waals surface area contributed by atoms with Gasteiger partial charge in [0.1, 0.15) is 6.10 Å². The Labute approximate surface area is 87.1 Å². The van der Waals surface area contributed by atoms with Gasteiger partial charge in [0.2, 0.25) is 0 Å². The van der Waals surface area contributed by atoms with Gasteiger partial charge in [0.15, 0.2) is 5.82 Å². The van der Waals surface area contributed by atoms with Crippen molar-refractivity contribution >= 4 is 18.4 Å². The summed E-state index contributed by atoms with van der Waals surface area (Å²) >= 11 is 0. The summed E-state index contributed by atoms with van der Waals surface area (Å²) in [5, 5.41) is 15.1. The molecule has 14 heavy (non-hydrogen) atoms. The fourth-order valence-corrected chi connectivity index (χ4v) is 0.748. The zero-order chi connectivity index (χ0) is 9.84. The highest BCUT2D eigenvalue weighted by Gasteiger charge is 2.14. The van der Waals surface area contributed by atoms with Gasteiger partial charge in [-0.15, -0.1) is 17.5 Å². The second-order valence-corrected chi connectivity index (χ2v) is 2.44. The van der Waals surface area contributed by atoms with Crippen LogP contribution in [0.2, 0.25) is 0 Å². The first-order valence-corrected chi connectivity index (χ1v) is 3.92. The van der Waals surface area contributed by atoms with Gasteiger partial charge in [-0.1, -0.05) is 0 Å². The molecule has 0 aliphatic rings. The number of esters is 1. The Balaban J connectivity index is 0.00000169. The maximum absolute atomic E-state index is 11.0. The van der Waals surface area contributed by atoms with E-state index in [4.69, 9.17) is 5.11 Å². The lowest BCUT2D eigenvalue weighted by molar-refractivity contribution is 0.0512. The van der Waals surface area contributed by atoms with Crippen molar-refractivity contribution in [2.75, 3.05) is 6.61 Å². The average molecular weight is 222 g/mol. The fourth-order valence-electron chi connectivity index (χ4n) is 0.748. The van der Waals surface area contributed by atoms with E-state index in [2.05, 4.69) is 19.9 Å². The molecular formula is C7H12ClN3O3. The summed E-state index contributed by atoms with van der Waals surface area (Å²) in [5.41, 5.74) is 0. The first kappa shape index (κ1) is 12.9. The van der Waals surface area contributed by atoms with E-state index in [1.807, 2.05) is 0 Å². The van der Waals surface area contributed by atoms with E-state index in [0.717, 1.165) is 0 Å². The number of halogens is 1. The molecule has 1 unspecified atom stereocenters. The summed E-state index contributed by atoms with van der Waals surface area (Å²) in [7, 11) is 0. The highest BCUT2D eigenvalue weighted by atomic mass is 35.5. The number of rotatable bonds is 3. The van der Waals surface area contributed by atoms with Gasteiger partial charge in [-0.3, -0.25) is 5.10 Å². The van der Waals surface area contributed by atoms with Crippen molar-refractivity contribution in [1.29, 1.82) is 0 Å². The topological polar surface area (TPSA) is 88.1 Å². The summed E-state index contributed by atoms with van der Waals surface area (Å²) in [6.45, 7) is 3.49. The Morgan fingerprint density at radius 2 is 2.36 bits per heavy atom. The van der Waals surface area contributed by atoms with Gasteiger partial charge in [-0.05, 0) is 13.8 Å². The number of carbonyl (C=O) groups is 1. The molecule has 1 heterocycles. The van der Waals surface area contributed by atoms with E-state index in [9.17, 15) is 4.79 Å². The van der Waals surface area contributed by atoms with Crippen LogP contribution in [0.15, 0.2) is 0 Å². The molecule has 1 atom stereocenters. The molecule has 0 radical (unpaired) electrons. The largest absolute Gasteiger partial charge is 0.460 e. The third kappa shape index (κ3) is 2.97. The van der Waals surface area contributed by atoms with E-state index >= 15 is 0 Å². The van der Waals surface area contributed by atoms with Crippen molar-refractivity contribution < 1.29 is 14.6 Å². The standard InChI is InChI=1S/C7H11N3O3.ClH/c1-3-13-7(12)6-8-5(4(2)11)9-10-6;/h4,11H,3H2,1-2H3,(H,8,9,10);1H. The molecule has 0 amide bonds. The van der Waals surface area contributed by atoms with Gasteiger partial charge in [-0.2, -0.15) is 0 Å². The minimum atomic E-state index is -0.768. The third-order valence-electron chi connectivity index (χ3n) is 1.36. The Hall–Kier alpha value is -1.14. The minimum Gasteiger partial charge on any atom is -0.460 e. The summed E-state index contributed by atoms with van der Waals surface area (Å²) in [6, 6.07) is 0. The highest BCUT2D eigenvalue weighted by molar-refractivity contribution is 5.85. The smallest absolute Gasteiger partial charge is 0.378 e. The van der Waals surface area contributed by atoms with Gasteiger partial charge in [-0.25, -0.2) is 9.78 Å². The molecule has 6 nitrogen and oxygen atoms in total. The van der Waals surface area contributed by atoms with Crippen LogP contribution in [0, 0.1) is 0 Å². The van der Waals surface area contributed by atoms with Crippen LogP contribution in [0.4, 0.5) is 0 Å².